The van der Waals surface area contributed by atoms with Crippen LogP contribution in [0, 0.1) is 6.92 Å². The molecule has 1 heteroatoms. The van der Waals surface area contributed by atoms with E-state index in [1.54, 1.807) is 0 Å². The van der Waals surface area contributed by atoms with E-state index in [-0.39, 0.29) is 0 Å². The van der Waals surface area contributed by atoms with Crippen molar-refractivity contribution >= 4 is 16.6 Å². The van der Waals surface area contributed by atoms with Crippen LogP contribution < -0.4 is 0 Å². The molecule has 1 heterocycles. The fraction of sp³-hybridized carbons (Fsp3) is 0.0588. The minimum Gasteiger partial charge on any atom is -0.316 e. The molecule has 0 aliphatic heterocycles. The predicted molar refractivity (Wildman–Crippen MR) is 77.5 cm³/mol. The van der Waals surface area contributed by atoms with E-state index in [0.717, 1.165) is 11.3 Å². The fourth-order valence-corrected chi connectivity index (χ4v) is 2.34. The molecule has 0 saturated carbocycles. The number of hydrogen-bond acceptors (Lipinski definition) is 0. The molecule has 0 fully saturated rings. The summed E-state index contributed by atoms with van der Waals surface area (Å²) in [6.07, 6.45) is 2.15. The molecule has 0 amide bonds. The van der Waals surface area contributed by atoms with Crippen LogP contribution in [-0.2, 0) is 0 Å². The van der Waals surface area contributed by atoms with Crippen LogP contribution in [0.4, 0.5) is 0 Å². The predicted octanol–water partition coefficient (Wildman–Crippen LogP) is 4.47. The number of rotatable bonds is 2. The normalized spacial score (nSPS) is 10.7. The van der Waals surface area contributed by atoms with E-state index in [0.29, 0.717) is 0 Å². The van der Waals surface area contributed by atoms with Crippen LogP contribution in [0.1, 0.15) is 11.1 Å². The molecule has 0 bridgehead atoms. The zero-order valence-corrected chi connectivity index (χ0v) is 10.4. The second-order valence-corrected chi connectivity index (χ2v) is 4.51. The van der Waals surface area contributed by atoms with Gasteiger partial charge in [0.15, 0.2) is 0 Å². The summed E-state index contributed by atoms with van der Waals surface area (Å²) < 4.78 is 2.17. The van der Waals surface area contributed by atoms with E-state index in [4.69, 9.17) is 0 Å². The molecule has 0 N–H and O–H groups in total. The zero-order chi connectivity index (χ0) is 12.5. The van der Waals surface area contributed by atoms with Crippen LogP contribution in [0.2, 0.25) is 0 Å². The van der Waals surface area contributed by atoms with Gasteiger partial charge in [0.05, 0.1) is 5.52 Å². The van der Waals surface area contributed by atoms with E-state index in [9.17, 15) is 0 Å². The van der Waals surface area contributed by atoms with Crippen LogP contribution in [0.3, 0.4) is 0 Å². The highest BCUT2D eigenvalue weighted by Gasteiger charge is 2.07. The zero-order valence-electron chi connectivity index (χ0n) is 10.4. The van der Waals surface area contributed by atoms with Crippen LogP contribution in [0.25, 0.3) is 16.6 Å². The molecule has 0 radical (unpaired) electrons. The average Bonchev–Trinajstić information content (AvgIpc) is 2.77. The third-order valence-corrected chi connectivity index (χ3v) is 3.31. The number of aromatic nitrogens is 1. The lowest BCUT2D eigenvalue weighted by molar-refractivity contribution is 1.16. The summed E-state index contributed by atoms with van der Waals surface area (Å²) in [5.41, 5.74) is 4.66. The third kappa shape index (κ3) is 1.65. The highest BCUT2D eigenvalue weighted by molar-refractivity contribution is 5.88. The number of aryl methyl sites for hydroxylation is 1. The van der Waals surface area contributed by atoms with Gasteiger partial charge >= 0.3 is 0 Å². The molecule has 3 aromatic rings. The molecule has 1 nitrogen and oxygen atoms in total. The smallest absolute Gasteiger partial charge is 0.0531 e. The molecule has 0 unspecified atom stereocenters. The maximum absolute atomic E-state index is 4.22. The van der Waals surface area contributed by atoms with Gasteiger partial charge in [-0.25, -0.2) is 0 Å². The van der Waals surface area contributed by atoms with Crippen molar-refractivity contribution in [1.29, 1.82) is 0 Å². The van der Waals surface area contributed by atoms with E-state index in [1.165, 1.54) is 16.5 Å². The lowest BCUT2D eigenvalue weighted by atomic mass is 10.1. The quantitative estimate of drug-likeness (QED) is 0.615. The molecule has 2 aromatic carbocycles. The molecule has 0 atom stereocenters. The van der Waals surface area contributed by atoms with Crippen LogP contribution in [-0.4, -0.2) is 4.57 Å². The van der Waals surface area contributed by atoms with Crippen molar-refractivity contribution < 1.29 is 0 Å². The SMILES string of the molecule is C=C(c1ccccc1)n1cc(C)c2ccccc21. The third-order valence-electron chi connectivity index (χ3n) is 3.31. The summed E-state index contributed by atoms with van der Waals surface area (Å²) in [5, 5.41) is 1.29. The molecular formula is C17H15N. The van der Waals surface area contributed by atoms with Crippen LogP contribution in [0.15, 0.2) is 67.4 Å². The molecule has 0 aliphatic rings. The Hall–Kier alpha value is -2.28. The van der Waals surface area contributed by atoms with Gasteiger partial charge < -0.3 is 4.57 Å². The van der Waals surface area contributed by atoms with Gasteiger partial charge in [0.2, 0.25) is 0 Å². The Kier molecular flexibility index (Phi) is 2.52. The Morgan fingerprint density at radius 3 is 2.39 bits per heavy atom. The summed E-state index contributed by atoms with van der Waals surface area (Å²) in [6.45, 7) is 6.36. The van der Waals surface area contributed by atoms with Crippen molar-refractivity contribution in [2.24, 2.45) is 0 Å². The summed E-state index contributed by atoms with van der Waals surface area (Å²) in [4.78, 5) is 0. The van der Waals surface area contributed by atoms with Gasteiger partial charge in [-0.1, -0.05) is 55.1 Å². The van der Waals surface area contributed by atoms with Gasteiger partial charge in [-0.15, -0.1) is 0 Å². The monoisotopic (exact) mass is 233 g/mol. The van der Waals surface area contributed by atoms with Gasteiger partial charge in [0, 0.05) is 17.3 Å². The van der Waals surface area contributed by atoms with Crippen molar-refractivity contribution in [3.05, 3.63) is 78.5 Å². The Morgan fingerprint density at radius 2 is 1.61 bits per heavy atom. The summed E-state index contributed by atoms with van der Waals surface area (Å²) in [5.74, 6) is 0. The van der Waals surface area contributed by atoms with Gasteiger partial charge in [-0.3, -0.25) is 0 Å². The fourth-order valence-electron chi connectivity index (χ4n) is 2.34. The van der Waals surface area contributed by atoms with Crippen LogP contribution in [0.5, 0.6) is 0 Å². The second kappa shape index (κ2) is 4.19. The molecule has 1 aromatic heterocycles. The Balaban J connectivity index is 2.19. The lowest BCUT2D eigenvalue weighted by Gasteiger charge is -2.09. The van der Waals surface area contributed by atoms with Gasteiger partial charge in [0.1, 0.15) is 0 Å². The highest BCUT2D eigenvalue weighted by atomic mass is 15.0. The first-order valence-corrected chi connectivity index (χ1v) is 6.09. The van der Waals surface area contributed by atoms with Crippen molar-refractivity contribution in [3.63, 3.8) is 0 Å². The number of nitrogens with zero attached hydrogens (tertiary/aromatic N) is 1. The van der Waals surface area contributed by atoms with Crippen LogP contribution >= 0.6 is 0 Å². The number of fused-ring (bicyclic) bond motifs is 1. The summed E-state index contributed by atoms with van der Waals surface area (Å²) >= 11 is 0. The number of para-hydroxylation sites is 1. The Morgan fingerprint density at radius 1 is 0.944 bits per heavy atom. The minimum atomic E-state index is 1.01. The maximum Gasteiger partial charge on any atom is 0.0531 e. The Labute approximate surface area is 107 Å². The maximum atomic E-state index is 4.22. The molecular weight excluding hydrogens is 218 g/mol. The van der Waals surface area contributed by atoms with Crippen molar-refractivity contribution in [2.75, 3.05) is 0 Å². The molecule has 0 spiro atoms. The summed E-state index contributed by atoms with van der Waals surface area (Å²) in [7, 11) is 0. The largest absolute Gasteiger partial charge is 0.316 e. The van der Waals surface area contributed by atoms with Gasteiger partial charge in [-0.05, 0) is 24.1 Å². The van der Waals surface area contributed by atoms with Crippen molar-refractivity contribution in [3.8, 4) is 0 Å². The molecule has 0 saturated heterocycles. The van der Waals surface area contributed by atoms with E-state index in [2.05, 4.69) is 60.7 Å². The molecule has 88 valence electrons. The van der Waals surface area contributed by atoms with Crippen molar-refractivity contribution in [2.45, 2.75) is 6.92 Å². The number of hydrogen-bond donors (Lipinski definition) is 0. The molecule has 0 aliphatic carbocycles. The van der Waals surface area contributed by atoms with E-state index in [1.807, 2.05) is 18.2 Å². The van der Waals surface area contributed by atoms with E-state index < -0.39 is 0 Å². The first-order chi connectivity index (χ1) is 8.77. The Bertz CT molecular complexity index is 705. The minimum absolute atomic E-state index is 1.01. The topological polar surface area (TPSA) is 4.93 Å². The molecule has 3 rings (SSSR count). The second-order valence-electron chi connectivity index (χ2n) is 4.51. The number of benzene rings is 2. The first kappa shape index (κ1) is 10.8. The first-order valence-electron chi connectivity index (χ1n) is 6.09. The van der Waals surface area contributed by atoms with Gasteiger partial charge in [0.25, 0.3) is 0 Å². The van der Waals surface area contributed by atoms with E-state index >= 15 is 0 Å². The highest BCUT2D eigenvalue weighted by Crippen LogP contribution is 2.25. The van der Waals surface area contributed by atoms with Crippen molar-refractivity contribution in [1.82, 2.24) is 4.57 Å². The summed E-state index contributed by atoms with van der Waals surface area (Å²) in [6, 6.07) is 18.7. The van der Waals surface area contributed by atoms with Gasteiger partial charge in [-0.2, -0.15) is 0 Å². The standard InChI is InChI=1S/C17H15N/c1-13-12-18(17-11-7-6-10-16(13)17)14(2)15-8-4-3-5-9-15/h3-12H,2H2,1H3. The molecule has 18 heavy (non-hydrogen) atoms. The average molecular weight is 233 g/mol. The lowest BCUT2D eigenvalue weighted by Crippen LogP contribution is -1.95.